The molecular weight excluding hydrogens is 286 g/mol. The smallest absolute Gasteiger partial charge is 0.259 e. The molecule has 0 aliphatic carbocycles. The van der Waals surface area contributed by atoms with Crippen LogP contribution in [0, 0.1) is 0 Å². The van der Waals surface area contributed by atoms with E-state index in [1.165, 1.54) is 0 Å². The average molecular weight is 299 g/mol. The third-order valence-electron chi connectivity index (χ3n) is 2.97. The Morgan fingerprint density at radius 3 is 2.90 bits per heavy atom. The number of hydrogen-bond acceptors (Lipinski definition) is 5. The normalized spacial score (nSPS) is 10.5. The molecule has 106 valence electrons. The standard InChI is InChI=1S/C15H13N3O2S/c1-2-20-13-9-4-3-6-10(13)15(19)16-11-7-5-8-12-14(11)18-21-17-12/h3-9H,2H2,1H3,(H,16,19). The van der Waals surface area contributed by atoms with Crippen LogP contribution in [0.2, 0.25) is 0 Å². The first-order valence-electron chi connectivity index (χ1n) is 6.54. The van der Waals surface area contributed by atoms with Crippen molar-refractivity contribution >= 4 is 34.4 Å². The molecule has 0 radical (unpaired) electrons. The van der Waals surface area contributed by atoms with Crippen molar-refractivity contribution in [3.05, 3.63) is 48.0 Å². The molecule has 2 aromatic carbocycles. The number of fused-ring (bicyclic) bond motifs is 1. The number of carbonyl (C=O) groups excluding carboxylic acids is 1. The summed E-state index contributed by atoms with van der Waals surface area (Å²) in [6, 6.07) is 12.7. The number of amides is 1. The van der Waals surface area contributed by atoms with Crippen LogP contribution in [0.25, 0.3) is 11.0 Å². The maximum absolute atomic E-state index is 12.4. The molecular formula is C15H13N3O2S. The topological polar surface area (TPSA) is 64.1 Å². The highest BCUT2D eigenvalue weighted by Crippen LogP contribution is 2.24. The van der Waals surface area contributed by atoms with Crippen LogP contribution in [0.5, 0.6) is 5.75 Å². The van der Waals surface area contributed by atoms with Crippen LogP contribution < -0.4 is 10.1 Å². The van der Waals surface area contributed by atoms with Gasteiger partial charge >= 0.3 is 0 Å². The zero-order valence-corrected chi connectivity index (χ0v) is 12.2. The summed E-state index contributed by atoms with van der Waals surface area (Å²) in [5, 5.41) is 2.87. The summed E-state index contributed by atoms with van der Waals surface area (Å²) in [4.78, 5) is 12.4. The van der Waals surface area contributed by atoms with E-state index in [0.29, 0.717) is 29.1 Å². The van der Waals surface area contributed by atoms with Crippen molar-refractivity contribution < 1.29 is 9.53 Å². The molecule has 0 spiro atoms. The number of rotatable bonds is 4. The summed E-state index contributed by atoms with van der Waals surface area (Å²) in [5.41, 5.74) is 2.62. The minimum atomic E-state index is -0.223. The van der Waals surface area contributed by atoms with Gasteiger partial charge in [0, 0.05) is 0 Å². The molecule has 0 saturated carbocycles. The molecule has 0 atom stereocenters. The average Bonchev–Trinajstić information content (AvgIpc) is 2.98. The van der Waals surface area contributed by atoms with Crippen molar-refractivity contribution in [1.82, 2.24) is 8.75 Å². The SMILES string of the molecule is CCOc1ccccc1C(=O)Nc1cccc2nsnc12. The van der Waals surface area contributed by atoms with Crippen molar-refractivity contribution in [3.8, 4) is 5.75 Å². The largest absolute Gasteiger partial charge is 0.493 e. The molecule has 1 heterocycles. The monoisotopic (exact) mass is 299 g/mol. The lowest BCUT2D eigenvalue weighted by Crippen LogP contribution is -2.13. The lowest BCUT2D eigenvalue weighted by Gasteiger charge is -2.10. The fourth-order valence-corrected chi connectivity index (χ4v) is 2.58. The van der Waals surface area contributed by atoms with E-state index < -0.39 is 0 Å². The van der Waals surface area contributed by atoms with Crippen molar-refractivity contribution in [3.63, 3.8) is 0 Å². The van der Waals surface area contributed by atoms with E-state index in [1.54, 1.807) is 12.1 Å². The highest BCUT2D eigenvalue weighted by Gasteiger charge is 2.14. The Morgan fingerprint density at radius 1 is 1.19 bits per heavy atom. The maximum atomic E-state index is 12.4. The molecule has 1 N–H and O–H groups in total. The molecule has 0 aliphatic rings. The van der Waals surface area contributed by atoms with Gasteiger partial charge in [0.2, 0.25) is 0 Å². The molecule has 0 aliphatic heterocycles. The maximum Gasteiger partial charge on any atom is 0.259 e. The molecule has 0 bridgehead atoms. The molecule has 3 rings (SSSR count). The molecule has 0 fully saturated rings. The zero-order valence-electron chi connectivity index (χ0n) is 11.4. The number of nitrogens with zero attached hydrogens (tertiary/aromatic N) is 2. The summed E-state index contributed by atoms with van der Waals surface area (Å²) in [5.74, 6) is 0.348. The quantitative estimate of drug-likeness (QED) is 0.802. The fraction of sp³-hybridized carbons (Fsp3) is 0.133. The van der Waals surface area contributed by atoms with E-state index in [0.717, 1.165) is 17.2 Å². The van der Waals surface area contributed by atoms with Gasteiger partial charge in [-0.1, -0.05) is 18.2 Å². The second-order valence-electron chi connectivity index (χ2n) is 4.32. The Kier molecular flexibility index (Phi) is 3.79. The van der Waals surface area contributed by atoms with Gasteiger partial charge in [0.05, 0.1) is 29.6 Å². The number of aromatic nitrogens is 2. The first kappa shape index (κ1) is 13.5. The summed E-state index contributed by atoms with van der Waals surface area (Å²) in [6.45, 7) is 2.40. The van der Waals surface area contributed by atoms with Crippen molar-refractivity contribution in [1.29, 1.82) is 0 Å². The lowest BCUT2D eigenvalue weighted by molar-refractivity contribution is 0.102. The van der Waals surface area contributed by atoms with Crippen LogP contribution in [0.1, 0.15) is 17.3 Å². The highest BCUT2D eigenvalue weighted by atomic mass is 32.1. The van der Waals surface area contributed by atoms with Crippen LogP contribution in [-0.2, 0) is 0 Å². The third-order valence-corrected chi connectivity index (χ3v) is 3.51. The summed E-state index contributed by atoms with van der Waals surface area (Å²) in [7, 11) is 0. The van der Waals surface area contributed by atoms with Gasteiger partial charge in [-0.15, -0.1) is 0 Å². The molecule has 5 nitrogen and oxygen atoms in total. The molecule has 1 aromatic heterocycles. The zero-order chi connectivity index (χ0) is 14.7. The van der Waals surface area contributed by atoms with Crippen LogP contribution in [0.4, 0.5) is 5.69 Å². The Morgan fingerprint density at radius 2 is 2.05 bits per heavy atom. The van der Waals surface area contributed by atoms with Crippen molar-refractivity contribution in [2.75, 3.05) is 11.9 Å². The number of benzene rings is 2. The van der Waals surface area contributed by atoms with E-state index >= 15 is 0 Å². The number of nitrogens with one attached hydrogen (secondary N) is 1. The summed E-state index contributed by atoms with van der Waals surface area (Å²) >= 11 is 1.13. The van der Waals surface area contributed by atoms with E-state index in [4.69, 9.17) is 4.74 Å². The number of hydrogen-bond donors (Lipinski definition) is 1. The number of ether oxygens (including phenoxy) is 1. The molecule has 6 heteroatoms. The molecule has 3 aromatic rings. The Hall–Kier alpha value is -2.47. The number of anilines is 1. The van der Waals surface area contributed by atoms with Crippen LogP contribution in [-0.4, -0.2) is 21.3 Å². The number of para-hydroxylation sites is 1. The van der Waals surface area contributed by atoms with E-state index in [2.05, 4.69) is 14.1 Å². The summed E-state index contributed by atoms with van der Waals surface area (Å²) in [6.07, 6.45) is 0. The second kappa shape index (κ2) is 5.88. The van der Waals surface area contributed by atoms with E-state index in [-0.39, 0.29) is 5.91 Å². The first-order chi connectivity index (χ1) is 10.3. The van der Waals surface area contributed by atoms with Gasteiger partial charge in [-0.2, -0.15) is 8.75 Å². The van der Waals surface area contributed by atoms with Crippen molar-refractivity contribution in [2.45, 2.75) is 6.92 Å². The van der Waals surface area contributed by atoms with Crippen LogP contribution >= 0.6 is 11.7 Å². The van der Waals surface area contributed by atoms with Gasteiger partial charge in [-0.3, -0.25) is 4.79 Å². The van der Waals surface area contributed by atoms with Gasteiger partial charge in [-0.25, -0.2) is 0 Å². The van der Waals surface area contributed by atoms with Gasteiger partial charge < -0.3 is 10.1 Å². The number of carbonyl (C=O) groups is 1. The van der Waals surface area contributed by atoms with Crippen LogP contribution in [0.15, 0.2) is 42.5 Å². The van der Waals surface area contributed by atoms with Gasteiger partial charge in [0.15, 0.2) is 0 Å². The predicted molar refractivity (Wildman–Crippen MR) is 83.0 cm³/mol. The van der Waals surface area contributed by atoms with E-state index in [1.807, 2.05) is 37.3 Å². The highest BCUT2D eigenvalue weighted by molar-refractivity contribution is 7.00. The molecule has 1 amide bonds. The minimum Gasteiger partial charge on any atom is -0.493 e. The Bertz CT molecular complexity index is 785. The van der Waals surface area contributed by atoms with Gasteiger partial charge in [0.1, 0.15) is 16.8 Å². The van der Waals surface area contributed by atoms with Crippen molar-refractivity contribution in [2.24, 2.45) is 0 Å². The lowest BCUT2D eigenvalue weighted by atomic mass is 10.1. The Balaban J connectivity index is 1.92. The molecule has 21 heavy (non-hydrogen) atoms. The predicted octanol–water partition coefficient (Wildman–Crippen LogP) is 3.34. The van der Waals surface area contributed by atoms with E-state index in [9.17, 15) is 4.79 Å². The molecule has 0 saturated heterocycles. The van der Waals surface area contributed by atoms with Gasteiger partial charge in [0.25, 0.3) is 5.91 Å². The minimum absolute atomic E-state index is 0.223. The van der Waals surface area contributed by atoms with Crippen LogP contribution in [0.3, 0.4) is 0 Å². The fourth-order valence-electron chi connectivity index (χ4n) is 2.03. The second-order valence-corrected chi connectivity index (χ2v) is 4.85. The Labute approximate surface area is 125 Å². The first-order valence-corrected chi connectivity index (χ1v) is 7.27. The molecule has 0 unspecified atom stereocenters. The third kappa shape index (κ3) is 2.71. The van der Waals surface area contributed by atoms with Gasteiger partial charge in [-0.05, 0) is 31.2 Å². The summed E-state index contributed by atoms with van der Waals surface area (Å²) < 4.78 is 13.9.